The third-order valence-corrected chi connectivity index (χ3v) is 5.35. The summed E-state index contributed by atoms with van der Waals surface area (Å²) in [6.07, 6.45) is 1.04. The summed E-state index contributed by atoms with van der Waals surface area (Å²) >= 11 is 5.23. The number of anilines is 1. The minimum Gasteiger partial charge on any atom is -0.325 e. The van der Waals surface area contributed by atoms with Crippen LogP contribution in [-0.2, 0) is 11.2 Å². The Kier molecular flexibility index (Phi) is 4.42. The summed E-state index contributed by atoms with van der Waals surface area (Å²) in [6, 6.07) is 10.2. The molecule has 0 aliphatic carbocycles. The van der Waals surface area contributed by atoms with E-state index in [4.69, 9.17) is 0 Å². The molecule has 1 aliphatic heterocycles. The lowest BCUT2D eigenvalue weighted by Gasteiger charge is -2.32. The van der Waals surface area contributed by atoms with E-state index in [1.807, 2.05) is 35.6 Å². The first kappa shape index (κ1) is 14.8. The number of hydrogen-bond acceptors (Lipinski definition) is 3. The van der Waals surface area contributed by atoms with Gasteiger partial charge in [-0.1, -0.05) is 22.0 Å². The zero-order chi connectivity index (χ0) is 14.8. The largest absolute Gasteiger partial charge is 0.325 e. The average molecular weight is 365 g/mol. The second-order valence-electron chi connectivity index (χ2n) is 5.25. The Balaban J connectivity index is 1.63. The summed E-state index contributed by atoms with van der Waals surface area (Å²) in [5, 5.41) is 5.11. The number of hydrogen-bond donors (Lipinski definition) is 1. The van der Waals surface area contributed by atoms with Crippen molar-refractivity contribution in [3.05, 3.63) is 50.6 Å². The summed E-state index contributed by atoms with van der Waals surface area (Å²) in [7, 11) is 0. The van der Waals surface area contributed by atoms with E-state index >= 15 is 0 Å². The molecule has 0 radical (unpaired) electrons. The SMILES string of the molecule is C[C@@H]1c2ccsc2CCN1CC(=O)Nc1cccc(Br)c1. The maximum absolute atomic E-state index is 12.2. The van der Waals surface area contributed by atoms with E-state index in [1.165, 1.54) is 10.4 Å². The van der Waals surface area contributed by atoms with Crippen molar-refractivity contribution in [2.45, 2.75) is 19.4 Å². The second-order valence-corrected chi connectivity index (χ2v) is 7.17. The van der Waals surface area contributed by atoms with Crippen LogP contribution >= 0.6 is 27.3 Å². The Morgan fingerprint density at radius 1 is 1.48 bits per heavy atom. The number of rotatable bonds is 3. The predicted octanol–water partition coefficient (Wildman–Crippen LogP) is 4.07. The lowest BCUT2D eigenvalue weighted by Crippen LogP contribution is -2.39. The Bertz CT molecular complexity index is 655. The maximum atomic E-state index is 12.2. The summed E-state index contributed by atoms with van der Waals surface area (Å²) in [6.45, 7) is 3.56. The lowest BCUT2D eigenvalue weighted by molar-refractivity contribution is -0.117. The van der Waals surface area contributed by atoms with Crippen molar-refractivity contribution in [2.24, 2.45) is 0 Å². The van der Waals surface area contributed by atoms with Crippen LogP contribution in [0.4, 0.5) is 5.69 Å². The van der Waals surface area contributed by atoms with Crippen LogP contribution in [0.2, 0.25) is 0 Å². The molecule has 1 aliphatic rings. The fraction of sp³-hybridized carbons (Fsp3) is 0.312. The Labute approximate surface area is 137 Å². The third kappa shape index (κ3) is 3.36. The van der Waals surface area contributed by atoms with Crippen molar-refractivity contribution in [1.82, 2.24) is 4.90 Å². The van der Waals surface area contributed by atoms with Gasteiger partial charge in [-0.2, -0.15) is 0 Å². The van der Waals surface area contributed by atoms with Gasteiger partial charge in [-0.05, 0) is 48.6 Å². The summed E-state index contributed by atoms with van der Waals surface area (Å²) < 4.78 is 0.967. The van der Waals surface area contributed by atoms with Gasteiger partial charge in [0.2, 0.25) is 5.91 Å². The first-order chi connectivity index (χ1) is 10.1. The highest BCUT2D eigenvalue weighted by Crippen LogP contribution is 2.32. The molecule has 0 fully saturated rings. The molecule has 0 bridgehead atoms. The summed E-state index contributed by atoms with van der Waals surface area (Å²) in [4.78, 5) is 15.9. The van der Waals surface area contributed by atoms with Crippen LogP contribution in [-0.4, -0.2) is 23.9 Å². The maximum Gasteiger partial charge on any atom is 0.238 e. The molecule has 1 N–H and O–H groups in total. The van der Waals surface area contributed by atoms with Crippen LogP contribution in [0, 0.1) is 0 Å². The molecule has 110 valence electrons. The van der Waals surface area contributed by atoms with Gasteiger partial charge in [-0.15, -0.1) is 11.3 Å². The summed E-state index contributed by atoms with van der Waals surface area (Å²) in [5.41, 5.74) is 2.21. The molecule has 21 heavy (non-hydrogen) atoms. The Morgan fingerprint density at radius 3 is 3.14 bits per heavy atom. The van der Waals surface area contributed by atoms with E-state index in [2.05, 4.69) is 44.5 Å². The normalized spacial score (nSPS) is 18.3. The van der Waals surface area contributed by atoms with Crippen molar-refractivity contribution in [3.8, 4) is 0 Å². The molecule has 3 rings (SSSR count). The van der Waals surface area contributed by atoms with Gasteiger partial charge in [0, 0.05) is 27.6 Å². The average Bonchev–Trinajstić information content (AvgIpc) is 2.91. The number of benzene rings is 1. The molecule has 0 saturated carbocycles. The van der Waals surface area contributed by atoms with Crippen LogP contribution < -0.4 is 5.32 Å². The van der Waals surface area contributed by atoms with Gasteiger partial charge in [0.25, 0.3) is 0 Å². The van der Waals surface area contributed by atoms with Gasteiger partial charge in [0.15, 0.2) is 0 Å². The zero-order valence-electron chi connectivity index (χ0n) is 11.8. The number of amides is 1. The second kappa shape index (κ2) is 6.30. The smallest absolute Gasteiger partial charge is 0.238 e. The van der Waals surface area contributed by atoms with Gasteiger partial charge < -0.3 is 5.32 Å². The number of carbonyl (C=O) groups excluding carboxylic acids is 1. The van der Waals surface area contributed by atoms with E-state index in [9.17, 15) is 4.79 Å². The summed E-state index contributed by atoms with van der Waals surface area (Å²) in [5.74, 6) is 0.0404. The number of fused-ring (bicyclic) bond motifs is 1. The van der Waals surface area contributed by atoms with E-state index in [-0.39, 0.29) is 5.91 Å². The molecule has 3 nitrogen and oxygen atoms in total. The number of thiophene rings is 1. The number of carbonyl (C=O) groups is 1. The monoisotopic (exact) mass is 364 g/mol. The van der Waals surface area contributed by atoms with Crippen molar-refractivity contribution in [1.29, 1.82) is 0 Å². The van der Waals surface area contributed by atoms with Crippen molar-refractivity contribution >= 4 is 38.9 Å². The van der Waals surface area contributed by atoms with Gasteiger partial charge in [0.05, 0.1) is 6.54 Å². The minimum absolute atomic E-state index is 0.0404. The van der Waals surface area contributed by atoms with Crippen LogP contribution in [0.15, 0.2) is 40.2 Å². The minimum atomic E-state index is 0.0404. The Morgan fingerprint density at radius 2 is 2.33 bits per heavy atom. The molecular weight excluding hydrogens is 348 g/mol. The highest BCUT2D eigenvalue weighted by molar-refractivity contribution is 9.10. The molecule has 2 heterocycles. The molecule has 2 aromatic rings. The fourth-order valence-corrected chi connectivity index (χ4v) is 4.09. The van der Waals surface area contributed by atoms with Crippen molar-refractivity contribution < 1.29 is 4.79 Å². The van der Waals surface area contributed by atoms with Crippen LogP contribution in [0.25, 0.3) is 0 Å². The van der Waals surface area contributed by atoms with Crippen molar-refractivity contribution in [3.63, 3.8) is 0 Å². The molecule has 0 spiro atoms. The van der Waals surface area contributed by atoms with E-state index < -0.39 is 0 Å². The molecule has 0 unspecified atom stereocenters. The highest BCUT2D eigenvalue weighted by atomic mass is 79.9. The molecule has 1 atom stereocenters. The van der Waals surface area contributed by atoms with Gasteiger partial charge in [0.1, 0.15) is 0 Å². The zero-order valence-corrected chi connectivity index (χ0v) is 14.2. The first-order valence-corrected chi connectivity index (χ1v) is 8.66. The third-order valence-electron chi connectivity index (χ3n) is 3.86. The van der Waals surface area contributed by atoms with Crippen LogP contribution in [0.1, 0.15) is 23.4 Å². The Hall–Kier alpha value is -1.17. The molecular formula is C16H17BrN2OS. The highest BCUT2D eigenvalue weighted by Gasteiger charge is 2.26. The van der Waals surface area contributed by atoms with Gasteiger partial charge in [-0.25, -0.2) is 0 Å². The quantitative estimate of drug-likeness (QED) is 0.890. The van der Waals surface area contributed by atoms with Crippen molar-refractivity contribution in [2.75, 3.05) is 18.4 Å². The van der Waals surface area contributed by atoms with E-state index in [0.29, 0.717) is 12.6 Å². The predicted molar refractivity (Wildman–Crippen MR) is 90.8 cm³/mol. The topological polar surface area (TPSA) is 32.3 Å². The molecule has 5 heteroatoms. The van der Waals surface area contributed by atoms with Crippen LogP contribution in [0.3, 0.4) is 0 Å². The number of nitrogens with zero attached hydrogens (tertiary/aromatic N) is 1. The van der Waals surface area contributed by atoms with Crippen LogP contribution in [0.5, 0.6) is 0 Å². The van der Waals surface area contributed by atoms with E-state index in [1.54, 1.807) is 0 Å². The van der Waals surface area contributed by atoms with Gasteiger partial charge in [-0.3, -0.25) is 9.69 Å². The molecule has 0 saturated heterocycles. The standard InChI is InChI=1S/C16H17BrN2OS/c1-11-14-6-8-21-15(14)5-7-19(11)10-16(20)18-13-4-2-3-12(17)9-13/h2-4,6,8-9,11H,5,7,10H2,1H3,(H,18,20)/t11-/m1/s1. The molecule has 1 aromatic heterocycles. The lowest BCUT2D eigenvalue weighted by atomic mass is 10.0. The van der Waals surface area contributed by atoms with E-state index in [0.717, 1.165) is 23.1 Å². The van der Waals surface area contributed by atoms with Gasteiger partial charge >= 0.3 is 0 Å². The molecule has 1 aromatic carbocycles. The first-order valence-electron chi connectivity index (χ1n) is 6.99. The number of halogens is 1. The number of nitrogens with one attached hydrogen (secondary N) is 1. The fourth-order valence-electron chi connectivity index (χ4n) is 2.73. The molecule has 1 amide bonds.